The molecule has 1 fully saturated rings. The van der Waals surface area contributed by atoms with Crippen LogP contribution in [0.1, 0.15) is 54.4 Å². The Morgan fingerprint density at radius 3 is 2.56 bits per heavy atom. The second-order valence-electron chi connectivity index (χ2n) is 6.71. The van der Waals surface area contributed by atoms with Gasteiger partial charge in [0.1, 0.15) is 0 Å². The van der Waals surface area contributed by atoms with Gasteiger partial charge in [0.2, 0.25) is 0 Å². The lowest BCUT2D eigenvalue weighted by atomic mass is 10.1. The number of pyridine rings is 1. The SMILES string of the molecule is Cc1ccc(NC(=O)c2cncc(NC3CCCCCC3)c2)cc1Cl. The topological polar surface area (TPSA) is 54.0 Å². The van der Waals surface area contributed by atoms with Crippen LogP contribution in [-0.4, -0.2) is 16.9 Å². The van der Waals surface area contributed by atoms with Gasteiger partial charge in [-0.25, -0.2) is 0 Å². The van der Waals surface area contributed by atoms with Gasteiger partial charge in [-0.3, -0.25) is 9.78 Å². The first-order valence-corrected chi connectivity index (χ1v) is 9.29. The summed E-state index contributed by atoms with van der Waals surface area (Å²) < 4.78 is 0. The number of nitrogens with one attached hydrogen (secondary N) is 2. The van der Waals surface area contributed by atoms with Gasteiger partial charge in [0, 0.05) is 29.1 Å². The largest absolute Gasteiger partial charge is 0.381 e. The van der Waals surface area contributed by atoms with Crippen LogP contribution in [0.25, 0.3) is 0 Å². The third kappa shape index (κ3) is 4.95. The molecule has 2 N–H and O–H groups in total. The Labute approximate surface area is 154 Å². The van der Waals surface area contributed by atoms with Crippen molar-refractivity contribution in [2.75, 3.05) is 10.6 Å². The molecule has 0 bridgehead atoms. The maximum absolute atomic E-state index is 12.5. The first kappa shape index (κ1) is 17.7. The fourth-order valence-corrected chi connectivity index (χ4v) is 3.36. The van der Waals surface area contributed by atoms with Crippen LogP contribution in [0.15, 0.2) is 36.7 Å². The van der Waals surface area contributed by atoms with Crippen LogP contribution >= 0.6 is 11.6 Å². The molecule has 1 aromatic heterocycles. The standard InChI is InChI=1S/C20H24ClN3O/c1-14-8-9-17(11-19(14)21)24-20(25)15-10-18(13-22-12-15)23-16-6-4-2-3-5-7-16/h8-13,16,23H,2-7H2,1H3,(H,24,25). The third-order valence-corrected chi connectivity index (χ3v) is 5.06. The first-order valence-electron chi connectivity index (χ1n) is 8.91. The number of hydrogen-bond donors (Lipinski definition) is 2. The molecule has 1 heterocycles. The second kappa shape index (κ2) is 8.34. The molecule has 1 saturated carbocycles. The van der Waals surface area contributed by atoms with E-state index in [1.165, 1.54) is 38.5 Å². The Kier molecular flexibility index (Phi) is 5.92. The minimum Gasteiger partial charge on any atom is -0.381 e. The van der Waals surface area contributed by atoms with Crippen molar-refractivity contribution in [3.63, 3.8) is 0 Å². The van der Waals surface area contributed by atoms with E-state index < -0.39 is 0 Å². The summed E-state index contributed by atoms with van der Waals surface area (Å²) >= 11 is 6.12. The highest BCUT2D eigenvalue weighted by Crippen LogP contribution is 2.23. The Bertz CT molecular complexity index is 739. The van der Waals surface area contributed by atoms with Gasteiger partial charge in [0.25, 0.3) is 5.91 Å². The lowest BCUT2D eigenvalue weighted by molar-refractivity contribution is 0.102. The van der Waals surface area contributed by atoms with Crippen molar-refractivity contribution in [3.8, 4) is 0 Å². The van der Waals surface area contributed by atoms with Crippen molar-refractivity contribution < 1.29 is 4.79 Å². The lowest BCUT2D eigenvalue weighted by Crippen LogP contribution is -2.19. The number of benzene rings is 1. The predicted octanol–water partition coefficient (Wildman–Crippen LogP) is 5.43. The zero-order valence-electron chi connectivity index (χ0n) is 14.5. The van der Waals surface area contributed by atoms with Crippen LogP contribution in [0, 0.1) is 6.92 Å². The van der Waals surface area contributed by atoms with Gasteiger partial charge >= 0.3 is 0 Å². The Morgan fingerprint density at radius 1 is 1.08 bits per heavy atom. The number of halogens is 1. The van der Waals surface area contributed by atoms with Gasteiger partial charge < -0.3 is 10.6 Å². The summed E-state index contributed by atoms with van der Waals surface area (Å²) in [6.07, 6.45) is 10.9. The van der Waals surface area contributed by atoms with Crippen molar-refractivity contribution in [2.45, 2.75) is 51.5 Å². The maximum atomic E-state index is 12.5. The van der Waals surface area contributed by atoms with Gasteiger partial charge in [-0.05, 0) is 43.5 Å². The van der Waals surface area contributed by atoms with E-state index in [-0.39, 0.29) is 5.91 Å². The van der Waals surface area contributed by atoms with E-state index in [0.29, 0.717) is 22.3 Å². The Balaban J connectivity index is 1.67. The van der Waals surface area contributed by atoms with Crippen molar-refractivity contribution in [1.82, 2.24) is 4.98 Å². The summed E-state index contributed by atoms with van der Waals surface area (Å²) in [5, 5.41) is 7.05. The molecule has 132 valence electrons. The molecular weight excluding hydrogens is 334 g/mol. The molecule has 1 aliphatic rings. The Morgan fingerprint density at radius 2 is 1.84 bits per heavy atom. The number of aryl methyl sites for hydroxylation is 1. The molecule has 0 radical (unpaired) electrons. The summed E-state index contributed by atoms with van der Waals surface area (Å²) in [7, 11) is 0. The third-order valence-electron chi connectivity index (χ3n) is 4.66. The normalized spacial score (nSPS) is 15.4. The number of aromatic nitrogens is 1. The monoisotopic (exact) mass is 357 g/mol. The Hall–Kier alpha value is -2.07. The summed E-state index contributed by atoms with van der Waals surface area (Å²) in [6, 6.07) is 7.83. The number of amides is 1. The predicted molar refractivity (Wildman–Crippen MR) is 103 cm³/mol. The van der Waals surface area contributed by atoms with Gasteiger partial charge in [0.15, 0.2) is 0 Å². The van der Waals surface area contributed by atoms with E-state index >= 15 is 0 Å². The molecule has 2 aromatic rings. The highest BCUT2D eigenvalue weighted by atomic mass is 35.5. The molecule has 0 spiro atoms. The van der Waals surface area contributed by atoms with Crippen molar-refractivity contribution in [1.29, 1.82) is 0 Å². The molecular formula is C20H24ClN3O. The van der Waals surface area contributed by atoms with Crippen molar-refractivity contribution in [2.24, 2.45) is 0 Å². The van der Waals surface area contributed by atoms with Crippen LogP contribution in [0.3, 0.4) is 0 Å². The van der Waals surface area contributed by atoms with E-state index in [1.54, 1.807) is 18.5 Å². The molecule has 0 unspecified atom stereocenters. The van der Waals surface area contributed by atoms with Crippen LogP contribution < -0.4 is 10.6 Å². The van der Waals surface area contributed by atoms with E-state index in [4.69, 9.17) is 11.6 Å². The van der Waals surface area contributed by atoms with Crippen LogP contribution in [0.4, 0.5) is 11.4 Å². The quantitative estimate of drug-likeness (QED) is 0.717. The summed E-state index contributed by atoms with van der Waals surface area (Å²) in [5.74, 6) is -0.183. The summed E-state index contributed by atoms with van der Waals surface area (Å²) in [5.41, 5.74) is 3.11. The van der Waals surface area contributed by atoms with Crippen LogP contribution in [-0.2, 0) is 0 Å². The average molecular weight is 358 g/mol. The number of nitrogens with zero attached hydrogens (tertiary/aromatic N) is 1. The number of carbonyl (C=O) groups is 1. The average Bonchev–Trinajstić information content (AvgIpc) is 2.87. The second-order valence-corrected chi connectivity index (χ2v) is 7.12. The fraction of sp³-hybridized carbons (Fsp3) is 0.400. The molecule has 25 heavy (non-hydrogen) atoms. The minimum atomic E-state index is -0.183. The number of anilines is 2. The van der Waals surface area contributed by atoms with Gasteiger partial charge in [0.05, 0.1) is 11.3 Å². The molecule has 5 heteroatoms. The number of carbonyl (C=O) groups excluding carboxylic acids is 1. The van der Waals surface area contributed by atoms with Gasteiger partial charge in [-0.15, -0.1) is 0 Å². The highest BCUT2D eigenvalue weighted by molar-refractivity contribution is 6.31. The van der Waals surface area contributed by atoms with Crippen molar-refractivity contribution >= 4 is 28.9 Å². The van der Waals surface area contributed by atoms with Crippen LogP contribution in [0.5, 0.6) is 0 Å². The molecule has 3 rings (SSSR count). The van der Waals surface area contributed by atoms with Gasteiger partial charge in [-0.2, -0.15) is 0 Å². The van der Waals surface area contributed by atoms with E-state index in [2.05, 4.69) is 15.6 Å². The molecule has 1 amide bonds. The van der Waals surface area contributed by atoms with Crippen LogP contribution in [0.2, 0.25) is 5.02 Å². The number of rotatable bonds is 4. The zero-order valence-corrected chi connectivity index (χ0v) is 15.3. The van der Waals surface area contributed by atoms with Crippen molar-refractivity contribution in [3.05, 3.63) is 52.8 Å². The van der Waals surface area contributed by atoms with Gasteiger partial charge in [-0.1, -0.05) is 43.4 Å². The molecule has 0 aliphatic heterocycles. The zero-order chi connectivity index (χ0) is 17.6. The smallest absolute Gasteiger partial charge is 0.257 e. The lowest BCUT2D eigenvalue weighted by Gasteiger charge is -2.17. The molecule has 4 nitrogen and oxygen atoms in total. The summed E-state index contributed by atoms with van der Waals surface area (Å²) in [4.78, 5) is 16.7. The van der Waals surface area contributed by atoms with E-state index in [9.17, 15) is 4.79 Å². The minimum absolute atomic E-state index is 0.183. The molecule has 0 saturated heterocycles. The fourth-order valence-electron chi connectivity index (χ4n) is 3.18. The molecule has 1 aliphatic carbocycles. The molecule has 1 aromatic carbocycles. The van der Waals surface area contributed by atoms with E-state index in [0.717, 1.165) is 11.3 Å². The maximum Gasteiger partial charge on any atom is 0.257 e. The number of hydrogen-bond acceptors (Lipinski definition) is 3. The summed E-state index contributed by atoms with van der Waals surface area (Å²) in [6.45, 7) is 1.93. The highest BCUT2D eigenvalue weighted by Gasteiger charge is 2.13. The molecule has 0 atom stereocenters. The van der Waals surface area contributed by atoms with E-state index in [1.807, 2.05) is 25.1 Å². The first-order chi connectivity index (χ1) is 12.1.